The molecule has 0 fully saturated rings. The number of dihydropyridines is 1. The topological polar surface area (TPSA) is 83.1 Å². The van der Waals surface area contributed by atoms with Crippen LogP contribution in [0.3, 0.4) is 0 Å². The Morgan fingerprint density at radius 3 is 2.26 bits per heavy atom. The van der Waals surface area contributed by atoms with E-state index in [2.05, 4.69) is 19.2 Å². The zero-order chi connectivity index (χ0) is 22.9. The number of Topliss-reactive ketones (excluding diaryl/α,β-unsaturated/α-hetero) is 1. The summed E-state index contributed by atoms with van der Waals surface area (Å²) in [5.74, 6) is 0.412. The highest BCUT2D eigenvalue weighted by atomic mass is 16.5. The normalized spacial score (nSPS) is 20.1. The van der Waals surface area contributed by atoms with Crippen molar-refractivity contribution in [3.05, 3.63) is 40.2 Å². The fourth-order valence-corrected chi connectivity index (χ4v) is 4.50. The lowest BCUT2D eigenvalue weighted by Crippen LogP contribution is -2.38. The molecular weight excluding hydrogens is 398 g/mol. The van der Waals surface area contributed by atoms with Crippen molar-refractivity contribution in [2.24, 2.45) is 5.41 Å². The molecule has 0 bridgehead atoms. The van der Waals surface area contributed by atoms with Gasteiger partial charge in [-0.25, -0.2) is 4.79 Å². The maximum absolute atomic E-state index is 13.4. The first kappa shape index (κ1) is 22.7. The van der Waals surface area contributed by atoms with Gasteiger partial charge in [-0.1, -0.05) is 13.8 Å². The van der Waals surface area contributed by atoms with E-state index in [-0.39, 0.29) is 17.8 Å². The Kier molecular flexibility index (Phi) is 6.34. The molecule has 1 aromatic carbocycles. The summed E-state index contributed by atoms with van der Waals surface area (Å²) in [4.78, 5) is 26.4. The highest BCUT2D eigenvalue weighted by molar-refractivity contribution is 6.04. The minimum atomic E-state index is -0.631. The molecule has 0 aromatic heterocycles. The lowest BCUT2D eigenvalue weighted by molar-refractivity contribution is -0.138. The van der Waals surface area contributed by atoms with Crippen LogP contribution in [-0.2, 0) is 14.3 Å². The lowest BCUT2D eigenvalue weighted by Gasteiger charge is -2.39. The number of hydrogen-bond donors (Lipinski definition) is 1. The Labute approximate surface area is 183 Å². The van der Waals surface area contributed by atoms with Gasteiger partial charge < -0.3 is 24.3 Å². The third-order valence-corrected chi connectivity index (χ3v) is 5.78. The van der Waals surface area contributed by atoms with Crippen LogP contribution in [0.4, 0.5) is 0 Å². The molecule has 1 aliphatic carbocycles. The van der Waals surface area contributed by atoms with Crippen molar-refractivity contribution in [3.63, 3.8) is 0 Å². The van der Waals surface area contributed by atoms with E-state index in [1.165, 1.54) is 0 Å². The molecular formula is C24H31NO6. The summed E-state index contributed by atoms with van der Waals surface area (Å²) >= 11 is 0. The van der Waals surface area contributed by atoms with Gasteiger partial charge in [0.15, 0.2) is 17.3 Å². The molecule has 1 aliphatic heterocycles. The van der Waals surface area contributed by atoms with Gasteiger partial charge in [0, 0.05) is 35.0 Å². The van der Waals surface area contributed by atoms with Crippen molar-refractivity contribution in [1.29, 1.82) is 0 Å². The Morgan fingerprint density at radius 1 is 1.06 bits per heavy atom. The number of nitrogens with one attached hydrogen (secondary N) is 1. The molecule has 7 heteroatoms. The van der Waals surface area contributed by atoms with Gasteiger partial charge in [0.2, 0.25) is 0 Å². The van der Waals surface area contributed by atoms with Crippen LogP contribution in [0.5, 0.6) is 17.2 Å². The number of ether oxygens (including phenoxy) is 4. The molecule has 168 valence electrons. The summed E-state index contributed by atoms with van der Waals surface area (Å²) in [5, 5.41) is 3.32. The average molecular weight is 430 g/mol. The van der Waals surface area contributed by atoms with Gasteiger partial charge in [-0.2, -0.15) is 0 Å². The Balaban J connectivity index is 2.30. The second-order valence-corrected chi connectivity index (χ2v) is 8.60. The molecule has 7 nitrogen and oxygen atoms in total. The van der Waals surface area contributed by atoms with Crippen LogP contribution in [0.1, 0.15) is 52.0 Å². The number of ketones is 1. The van der Waals surface area contributed by atoms with Crippen molar-refractivity contribution in [1.82, 2.24) is 5.32 Å². The predicted octanol–water partition coefficient (Wildman–Crippen LogP) is 3.88. The van der Waals surface area contributed by atoms with Crippen LogP contribution in [0.2, 0.25) is 0 Å². The summed E-state index contributed by atoms with van der Waals surface area (Å²) in [5.41, 5.74) is 2.98. The number of benzene rings is 1. The van der Waals surface area contributed by atoms with Crippen LogP contribution in [0, 0.1) is 5.41 Å². The molecule has 3 rings (SSSR count). The summed E-state index contributed by atoms with van der Waals surface area (Å²) < 4.78 is 21.9. The Morgan fingerprint density at radius 2 is 1.68 bits per heavy atom. The molecule has 0 unspecified atom stereocenters. The third kappa shape index (κ3) is 4.13. The van der Waals surface area contributed by atoms with Gasteiger partial charge in [0.1, 0.15) is 5.75 Å². The van der Waals surface area contributed by atoms with E-state index in [0.29, 0.717) is 52.5 Å². The number of esters is 1. The van der Waals surface area contributed by atoms with Crippen LogP contribution in [0.15, 0.2) is 34.7 Å². The van der Waals surface area contributed by atoms with E-state index < -0.39 is 11.9 Å². The number of hydrogen-bond acceptors (Lipinski definition) is 7. The number of rotatable bonds is 6. The highest BCUT2D eigenvalue weighted by Crippen LogP contribution is 2.50. The van der Waals surface area contributed by atoms with Gasteiger partial charge >= 0.3 is 5.97 Å². The first-order valence-corrected chi connectivity index (χ1v) is 10.4. The van der Waals surface area contributed by atoms with Gasteiger partial charge in [0.05, 0.1) is 39.4 Å². The van der Waals surface area contributed by atoms with Gasteiger partial charge in [-0.05, 0) is 31.7 Å². The van der Waals surface area contributed by atoms with E-state index in [1.54, 1.807) is 40.4 Å². The molecule has 0 amide bonds. The number of methoxy groups -OCH3 is 3. The van der Waals surface area contributed by atoms with Crippen molar-refractivity contribution in [2.45, 2.75) is 46.5 Å². The smallest absolute Gasteiger partial charge is 0.336 e. The SMILES string of the molecule is CCOC(=O)C1=C(C)NC2=C(C(=O)CC(C)(C)C2)[C@H]1c1cc(OC)c(OC)cc1OC. The molecule has 0 radical (unpaired) electrons. The molecule has 0 saturated heterocycles. The Hall–Kier alpha value is -2.96. The molecule has 2 aliphatic rings. The van der Waals surface area contributed by atoms with E-state index in [0.717, 1.165) is 5.70 Å². The number of carbonyl (C=O) groups is 2. The van der Waals surface area contributed by atoms with Crippen LogP contribution in [-0.4, -0.2) is 39.7 Å². The largest absolute Gasteiger partial charge is 0.496 e. The summed E-state index contributed by atoms with van der Waals surface area (Å²) in [6, 6.07) is 3.49. The van der Waals surface area contributed by atoms with Crippen molar-refractivity contribution < 1.29 is 28.5 Å². The standard InChI is InChI=1S/C24H31NO6/c1-8-31-23(27)20-13(2)25-15-11-24(3,4)12-16(26)22(15)21(20)14-9-18(29-6)19(30-7)10-17(14)28-5/h9-10,21,25H,8,11-12H2,1-7H3/t21-/m0/s1. The van der Waals surface area contributed by atoms with Gasteiger partial charge in [-0.3, -0.25) is 4.79 Å². The van der Waals surface area contributed by atoms with E-state index in [9.17, 15) is 9.59 Å². The molecule has 1 N–H and O–H groups in total. The summed E-state index contributed by atoms with van der Waals surface area (Å²) in [7, 11) is 4.64. The van der Waals surface area contributed by atoms with Crippen molar-refractivity contribution in [3.8, 4) is 17.2 Å². The first-order chi connectivity index (χ1) is 14.7. The first-order valence-electron chi connectivity index (χ1n) is 10.4. The lowest BCUT2D eigenvalue weighted by atomic mass is 9.68. The minimum Gasteiger partial charge on any atom is -0.496 e. The maximum Gasteiger partial charge on any atom is 0.336 e. The van der Waals surface area contributed by atoms with Crippen molar-refractivity contribution in [2.75, 3.05) is 27.9 Å². The van der Waals surface area contributed by atoms with Crippen LogP contribution in [0.25, 0.3) is 0 Å². The van der Waals surface area contributed by atoms with E-state index in [1.807, 2.05) is 6.92 Å². The second-order valence-electron chi connectivity index (χ2n) is 8.60. The molecule has 0 saturated carbocycles. The molecule has 1 atom stereocenters. The number of carbonyl (C=O) groups excluding carboxylic acids is 2. The van der Waals surface area contributed by atoms with Crippen molar-refractivity contribution >= 4 is 11.8 Å². The third-order valence-electron chi connectivity index (χ3n) is 5.78. The molecule has 31 heavy (non-hydrogen) atoms. The minimum absolute atomic E-state index is 0.00915. The fraction of sp³-hybridized carbons (Fsp3) is 0.500. The van der Waals surface area contributed by atoms with E-state index in [4.69, 9.17) is 18.9 Å². The van der Waals surface area contributed by atoms with E-state index >= 15 is 0 Å². The number of allylic oxidation sites excluding steroid dienone is 3. The summed E-state index contributed by atoms with van der Waals surface area (Å²) in [6.07, 6.45) is 1.10. The molecule has 1 heterocycles. The van der Waals surface area contributed by atoms with Crippen LogP contribution < -0.4 is 19.5 Å². The fourth-order valence-electron chi connectivity index (χ4n) is 4.50. The Bertz CT molecular complexity index is 973. The quantitative estimate of drug-likeness (QED) is 0.687. The molecule has 0 spiro atoms. The highest BCUT2D eigenvalue weighted by Gasteiger charge is 2.44. The maximum atomic E-state index is 13.4. The zero-order valence-corrected chi connectivity index (χ0v) is 19.3. The summed E-state index contributed by atoms with van der Waals surface area (Å²) in [6.45, 7) is 7.97. The van der Waals surface area contributed by atoms with Crippen LogP contribution >= 0.6 is 0 Å². The average Bonchev–Trinajstić information content (AvgIpc) is 2.70. The monoisotopic (exact) mass is 429 g/mol. The predicted molar refractivity (Wildman–Crippen MR) is 116 cm³/mol. The second kappa shape index (κ2) is 8.65. The zero-order valence-electron chi connectivity index (χ0n) is 19.3. The van der Waals surface area contributed by atoms with Gasteiger partial charge in [-0.15, -0.1) is 0 Å². The van der Waals surface area contributed by atoms with Gasteiger partial charge in [0.25, 0.3) is 0 Å². The molecule has 1 aromatic rings.